The van der Waals surface area contributed by atoms with Gasteiger partial charge >= 0.3 is 0 Å². The highest BCUT2D eigenvalue weighted by Crippen LogP contribution is 2.29. The summed E-state index contributed by atoms with van der Waals surface area (Å²) in [7, 11) is 0. The minimum Gasteiger partial charge on any atom is -0.490 e. The lowest BCUT2D eigenvalue weighted by atomic mass is 9.88. The van der Waals surface area contributed by atoms with Crippen LogP contribution in [0.25, 0.3) is 0 Å². The fraction of sp³-hybridized carbons (Fsp3) is 0.571. The van der Waals surface area contributed by atoms with Gasteiger partial charge in [-0.3, -0.25) is 0 Å². The molecule has 0 bridgehead atoms. The average molecular weight is 219 g/mol. The van der Waals surface area contributed by atoms with Crippen molar-refractivity contribution in [2.75, 3.05) is 5.73 Å². The molecule has 88 valence electrons. The van der Waals surface area contributed by atoms with E-state index in [2.05, 4.69) is 6.92 Å². The highest BCUT2D eigenvalue weighted by Gasteiger charge is 2.22. The minimum absolute atomic E-state index is 0.386. The Morgan fingerprint density at radius 2 is 2.00 bits per heavy atom. The Kier molecular flexibility index (Phi) is 3.37. The van der Waals surface area contributed by atoms with Crippen molar-refractivity contribution < 1.29 is 4.74 Å². The minimum atomic E-state index is 0.386. The molecule has 0 radical (unpaired) electrons. The van der Waals surface area contributed by atoms with Gasteiger partial charge in [0.15, 0.2) is 0 Å². The van der Waals surface area contributed by atoms with Crippen LogP contribution in [0.5, 0.6) is 5.75 Å². The predicted molar refractivity (Wildman–Crippen MR) is 67.6 cm³/mol. The van der Waals surface area contributed by atoms with Crippen LogP contribution in [0.15, 0.2) is 18.2 Å². The summed E-state index contributed by atoms with van der Waals surface area (Å²) in [6, 6.07) is 5.94. The van der Waals surface area contributed by atoms with Gasteiger partial charge in [0.2, 0.25) is 0 Å². The second kappa shape index (κ2) is 4.77. The zero-order valence-corrected chi connectivity index (χ0v) is 10.2. The summed E-state index contributed by atoms with van der Waals surface area (Å²) < 4.78 is 6.05. The molecule has 1 aliphatic rings. The molecular weight excluding hydrogens is 198 g/mol. The third-order valence-electron chi connectivity index (χ3n) is 3.56. The summed E-state index contributed by atoms with van der Waals surface area (Å²) >= 11 is 0. The van der Waals surface area contributed by atoms with Crippen LogP contribution in [0.3, 0.4) is 0 Å². The van der Waals surface area contributed by atoms with Gasteiger partial charge in [0.25, 0.3) is 0 Å². The molecule has 2 rings (SSSR count). The molecule has 0 saturated heterocycles. The molecule has 0 spiro atoms. The zero-order valence-electron chi connectivity index (χ0n) is 10.2. The third-order valence-corrected chi connectivity index (χ3v) is 3.56. The van der Waals surface area contributed by atoms with Crippen molar-refractivity contribution in [2.45, 2.75) is 45.6 Å². The second-order valence-electron chi connectivity index (χ2n) is 4.94. The zero-order chi connectivity index (χ0) is 11.5. The summed E-state index contributed by atoms with van der Waals surface area (Å²) in [4.78, 5) is 0. The van der Waals surface area contributed by atoms with E-state index in [4.69, 9.17) is 10.5 Å². The molecule has 0 heterocycles. The van der Waals surface area contributed by atoms with Crippen LogP contribution in [0, 0.1) is 12.8 Å². The predicted octanol–water partition coefficient (Wildman–Crippen LogP) is 3.53. The first-order valence-electron chi connectivity index (χ1n) is 6.19. The lowest BCUT2D eigenvalue weighted by Gasteiger charge is -2.29. The quantitative estimate of drug-likeness (QED) is 0.772. The number of rotatable bonds is 2. The van der Waals surface area contributed by atoms with Crippen molar-refractivity contribution in [1.29, 1.82) is 0 Å². The third kappa shape index (κ3) is 2.49. The Morgan fingerprint density at radius 1 is 1.25 bits per heavy atom. The second-order valence-corrected chi connectivity index (χ2v) is 4.94. The van der Waals surface area contributed by atoms with Crippen LogP contribution < -0.4 is 10.5 Å². The summed E-state index contributed by atoms with van der Waals surface area (Å²) in [6.45, 7) is 4.31. The molecule has 1 aromatic carbocycles. The molecule has 1 saturated carbocycles. The molecule has 2 heteroatoms. The van der Waals surface area contributed by atoms with Gasteiger partial charge in [-0.15, -0.1) is 0 Å². The number of nitrogen functional groups attached to an aromatic ring is 1. The van der Waals surface area contributed by atoms with E-state index in [0.29, 0.717) is 12.0 Å². The van der Waals surface area contributed by atoms with Crippen molar-refractivity contribution in [3.05, 3.63) is 23.8 Å². The normalized spacial score (nSPS) is 25.4. The van der Waals surface area contributed by atoms with Crippen molar-refractivity contribution in [3.63, 3.8) is 0 Å². The van der Waals surface area contributed by atoms with Crippen molar-refractivity contribution in [2.24, 2.45) is 5.92 Å². The fourth-order valence-electron chi connectivity index (χ4n) is 2.35. The van der Waals surface area contributed by atoms with E-state index in [1.165, 1.54) is 25.7 Å². The maximum absolute atomic E-state index is 6.05. The molecular formula is C14H21NO. The number of hydrogen-bond acceptors (Lipinski definition) is 2. The van der Waals surface area contributed by atoms with E-state index in [1.54, 1.807) is 0 Å². The summed E-state index contributed by atoms with van der Waals surface area (Å²) in [5.41, 5.74) is 7.73. The number of hydrogen-bond donors (Lipinski definition) is 1. The number of ether oxygens (including phenoxy) is 1. The summed E-state index contributed by atoms with van der Waals surface area (Å²) in [5, 5.41) is 0. The molecule has 2 N–H and O–H groups in total. The van der Waals surface area contributed by atoms with Gasteiger partial charge in [0.1, 0.15) is 11.9 Å². The van der Waals surface area contributed by atoms with E-state index in [-0.39, 0.29) is 0 Å². The van der Waals surface area contributed by atoms with Gasteiger partial charge in [-0.05, 0) is 55.9 Å². The molecule has 1 aliphatic carbocycles. The topological polar surface area (TPSA) is 35.2 Å². The molecule has 0 aromatic heterocycles. The first-order chi connectivity index (χ1) is 7.66. The van der Waals surface area contributed by atoms with E-state index >= 15 is 0 Å². The number of benzene rings is 1. The van der Waals surface area contributed by atoms with E-state index < -0.39 is 0 Å². The first kappa shape index (κ1) is 11.3. The number of nitrogens with two attached hydrogens (primary N) is 1. The van der Waals surface area contributed by atoms with Crippen LogP contribution >= 0.6 is 0 Å². The lowest BCUT2D eigenvalue weighted by Crippen LogP contribution is -2.28. The molecule has 2 unspecified atom stereocenters. The highest BCUT2D eigenvalue weighted by atomic mass is 16.5. The van der Waals surface area contributed by atoms with Crippen LogP contribution in [-0.2, 0) is 0 Å². The largest absolute Gasteiger partial charge is 0.490 e. The van der Waals surface area contributed by atoms with Crippen LogP contribution in [0.2, 0.25) is 0 Å². The maximum atomic E-state index is 6.05. The van der Waals surface area contributed by atoms with Crippen LogP contribution in [0.4, 0.5) is 5.69 Å². The van der Waals surface area contributed by atoms with Crippen LogP contribution in [-0.4, -0.2) is 6.10 Å². The summed E-state index contributed by atoms with van der Waals surface area (Å²) in [6.07, 6.45) is 5.50. The fourth-order valence-corrected chi connectivity index (χ4v) is 2.35. The number of aryl methyl sites for hydroxylation is 1. The van der Waals surface area contributed by atoms with Gasteiger partial charge < -0.3 is 10.5 Å². The van der Waals surface area contributed by atoms with E-state index in [9.17, 15) is 0 Å². The standard InChI is InChI=1S/C14H21NO/c1-10-5-3-4-6-14(10)16-12-7-8-13(15)11(2)9-12/h7-10,14H,3-6,15H2,1-2H3. The van der Waals surface area contributed by atoms with Crippen LogP contribution in [0.1, 0.15) is 38.2 Å². The van der Waals surface area contributed by atoms with Crippen molar-refractivity contribution in [1.82, 2.24) is 0 Å². The average Bonchev–Trinajstić information content (AvgIpc) is 2.27. The molecule has 2 nitrogen and oxygen atoms in total. The Balaban J connectivity index is 2.05. The molecule has 16 heavy (non-hydrogen) atoms. The van der Waals surface area contributed by atoms with Gasteiger partial charge in [-0.2, -0.15) is 0 Å². The lowest BCUT2D eigenvalue weighted by molar-refractivity contribution is 0.102. The monoisotopic (exact) mass is 219 g/mol. The highest BCUT2D eigenvalue weighted by molar-refractivity contribution is 5.49. The van der Waals surface area contributed by atoms with Gasteiger partial charge in [-0.1, -0.05) is 13.3 Å². The molecule has 0 aliphatic heterocycles. The Morgan fingerprint density at radius 3 is 2.69 bits per heavy atom. The van der Waals surface area contributed by atoms with Gasteiger partial charge in [0.05, 0.1) is 0 Å². The molecule has 2 atom stereocenters. The van der Waals surface area contributed by atoms with E-state index in [0.717, 1.165) is 17.0 Å². The molecule has 1 aromatic rings. The van der Waals surface area contributed by atoms with Gasteiger partial charge in [-0.25, -0.2) is 0 Å². The Hall–Kier alpha value is -1.18. The molecule has 1 fully saturated rings. The smallest absolute Gasteiger partial charge is 0.120 e. The molecule has 0 amide bonds. The van der Waals surface area contributed by atoms with Crippen molar-refractivity contribution in [3.8, 4) is 5.75 Å². The SMILES string of the molecule is Cc1cc(OC2CCCCC2C)ccc1N. The van der Waals surface area contributed by atoms with E-state index in [1.807, 2.05) is 25.1 Å². The maximum Gasteiger partial charge on any atom is 0.120 e. The first-order valence-corrected chi connectivity index (χ1v) is 6.19. The summed E-state index contributed by atoms with van der Waals surface area (Å²) in [5.74, 6) is 1.64. The Labute approximate surface area is 97.8 Å². The van der Waals surface area contributed by atoms with Gasteiger partial charge in [0, 0.05) is 5.69 Å². The van der Waals surface area contributed by atoms with Crippen molar-refractivity contribution >= 4 is 5.69 Å². The number of anilines is 1. The Bertz CT molecular complexity index is 362.